The van der Waals surface area contributed by atoms with E-state index in [1.165, 1.54) is 0 Å². The van der Waals surface area contributed by atoms with Crippen molar-refractivity contribution in [3.05, 3.63) is 42.1 Å². The first-order valence-electron chi connectivity index (χ1n) is 6.93. The molecule has 0 spiro atoms. The summed E-state index contributed by atoms with van der Waals surface area (Å²) < 4.78 is 14.2. The van der Waals surface area contributed by atoms with Crippen LogP contribution in [0.25, 0.3) is 0 Å². The minimum Gasteiger partial charge on any atom is -0.297 e. The van der Waals surface area contributed by atoms with Crippen LogP contribution < -0.4 is 4.90 Å². The highest BCUT2D eigenvalue weighted by molar-refractivity contribution is 7.84. The third-order valence-electron chi connectivity index (χ3n) is 3.50. The van der Waals surface area contributed by atoms with Crippen LogP contribution in [-0.4, -0.2) is 26.4 Å². The zero-order valence-electron chi connectivity index (χ0n) is 11.9. The molecule has 1 aromatic heterocycles. The zero-order valence-corrected chi connectivity index (χ0v) is 12.7. The van der Waals surface area contributed by atoms with Gasteiger partial charge in [-0.2, -0.15) is 5.10 Å². The summed E-state index contributed by atoms with van der Waals surface area (Å²) in [7, 11) is -1.11. The number of rotatable bonds is 3. The van der Waals surface area contributed by atoms with Gasteiger partial charge in [0.05, 0.1) is 22.2 Å². The van der Waals surface area contributed by atoms with Gasteiger partial charge < -0.3 is 0 Å². The van der Waals surface area contributed by atoms with Crippen molar-refractivity contribution in [3.8, 4) is 0 Å². The number of hydrogen-bond acceptors (Lipinski definition) is 3. The largest absolute Gasteiger partial charge is 0.297 e. The summed E-state index contributed by atoms with van der Waals surface area (Å²) in [6.45, 7) is 3.09. The summed E-state index contributed by atoms with van der Waals surface area (Å²) in [6, 6.07) is 11.2. The maximum absolute atomic E-state index is 12.3. The van der Waals surface area contributed by atoms with Gasteiger partial charge in [-0.05, 0) is 18.6 Å². The van der Waals surface area contributed by atoms with E-state index < -0.39 is 10.8 Å². The van der Waals surface area contributed by atoms with Crippen LogP contribution in [0.1, 0.15) is 19.0 Å². The number of fused-ring (bicyclic) bond motifs is 1. The quantitative estimate of drug-likeness (QED) is 0.871. The Bertz CT molecular complexity index is 681. The Labute approximate surface area is 126 Å². The van der Waals surface area contributed by atoms with E-state index in [2.05, 4.69) is 5.10 Å². The molecule has 0 fully saturated rings. The monoisotopic (exact) mass is 303 g/mol. The molecule has 0 radical (unpaired) electrons. The lowest BCUT2D eigenvalue weighted by Gasteiger charge is -2.26. The second-order valence-electron chi connectivity index (χ2n) is 5.04. The van der Waals surface area contributed by atoms with Gasteiger partial charge >= 0.3 is 0 Å². The molecule has 0 saturated heterocycles. The van der Waals surface area contributed by atoms with Gasteiger partial charge in [-0.15, -0.1) is 0 Å². The van der Waals surface area contributed by atoms with E-state index in [0.717, 1.165) is 35.9 Å². The molecule has 0 saturated carbocycles. The molecule has 6 heteroatoms. The SMILES string of the molecule is CC(=O)N1CCCn2nc(CS(=O)c3ccccc3)cc21. The van der Waals surface area contributed by atoms with Gasteiger partial charge in [0.2, 0.25) is 5.91 Å². The van der Waals surface area contributed by atoms with E-state index in [9.17, 15) is 9.00 Å². The number of carbonyl (C=O) groups excluding carboxylic acids is 1. The molecule has 1 aromatic carbocycles. The molecule has 1 aliphatic heterocycles. The van der Waals surface area contributed by atoms with Crippen molar-refractivity contribution in [1.29, 1.82) is 0 Å². The lowest BCUT2D eigenvalue weighted by Crippen LogP contribution is -2.35. The summed E-state index contributed by atoms with van der Waals surface area (Å²) in [5, 5.41) is 4.48. The second-order valence-corrected chi connectivity index (χ2v) is 6.50. The van der Waals surface area contributed by atoms with Gasteiger partial charge in [-0.25, -0.2) is 4.68 Å². The summed E-state index contributed by atoms with van der Waals surface area (Å²) in [4.78, 5) is 14.2. The fraction of sp³-hybridized carbons (Fsp3) is 0.333. The molecule has 0 aliphatic carbocycles. The summed E-state index contributed by atoms with van der Waals surface area (Å²) in [5.74, 6) is 1.20. The first kappa shape index (κ1) is 14.0. The van der Waals surface area contributed by atoms with Crippen molar-refractivity contribution in [3.63, 3.8) is 0 Å². The van der Waals surface area contributed by atoms with Crippen LogP contribution >= 0.6 is 0 Å². The van der Waals surface area contributed by atoms with Crippen molar-refractivity contribution >= 4 is 22.5 Å². The second kappa shape index (κ2) is 5.81. The van der Waals surface area contributed by atoms with Crippen molar-refractivity contribution in [2.75, 3.05) is 11.4 Å². The Morgan fingerprint density at radius 1 is 1.29 bits per heavy atom. The van der Waals surface area contributed by atoms with E-state index >= 15 is 0 Å². The van der Waals surface area contributed by atoms with Gasteiger partial charge in [0.1, 0.15) is 5.82 Å². The fourth-order valence-corrected chi connectivity index (χ4v) is 3.55. The third-order valence-corrected chi connectivity index (χ3v) is 4.86. The van der Waals surface area contributed by atoms with Gasteiger partial charge in [-0.1, -0.05) is 18.2 Å². The molecule has 1 atom stereocenters. The van der Waals surface area contributed by atoms with E-state index in [1.807, 2.05) is 41.1 Å². The molecule has 1 unspecified atom stereocenters. The molecular formula is C15H17N3O2S. The molecule has 2 heterocycles. The minimum absolute atomic E-state index is 0.0200. The Kier molecular flexibility index (Phi) is 3.88. The van der Waals surface area contributed by atoms with Crippen molar-refractivity contribution in [2.24, 2.45) is 0 Å². The van der Waals surface area contributed by atoms with Gasteiger partial charge in [0, 0.05) is 31.0 Å². The Morgan fingerprint density at radius 2 is 2.05 bits per heavy atom. The Balaban J connectivity index is 1.82. The first-order valence-corrected chi connectivity index (χ1v) is 8.25. The Morgan fingerprint density at radius 3 is 2.76 bits per heavy atom. The van der Waals surface area contributed by atoms with Crippen LogP contribution in [0.2, 0.25) is 0 Å². The molecule has 1 amide bonds. The number of benzene rings is 1. The number of aromatic nitrogens is 2. The maximum Gasteiger partial charge on any atom is 0.225 e. The van der Waals surface area contributed by atoms with Crippen LogP contribution in [0.5, 0.6) is 0 Å². The summed E-state index contributed by atoms with van der Waals surface area (Å²) >= 11 is 0. The average Bonchev–Trinajstić information content (AvgIpc) is 2.89. The summed E-state index contributed by atoms with van der Waals surface area (Å²) in [5.41, 5.74) is 0.764. The van der Waals surface area contributed by atoms with Crippen LogP contribution in [-0.2, 0) is 27.9 Å². The van der Waals surface area contributed by atoms with E-state index in [4.69, 9.17) is 0 Å². The van der Waals surface area contributed by atoms with E-state index in [-0.39, 0.29) is 5.91 Å². The van der Waals surface area contributed by atoms with Crippen LogP contribution in [0.15, 0.2) is 41.3 Å². The predicted molar refractivity (Wildman–Crippen MR) is 81.4 cm³/mol. The van der Waals surface area contributed by atoms with Crippen LogP contribution in [0, 0.1) is 0 Å². The molecule has 21 heavy (non-hydrogen) atoms. The molecule has 5 nitrogen and oxygen atoms in total. The highest BCUT2D eigenvalue weighted by Crippen LogP contribution is 2.23. The topological polar surface area (TPSA) is 55.2 Å². The van der Waals surface area contributed by atoms with Crippen molar-refractivity contribution in [2.45, 2.75) is 30.5 Å². The number of hydrogen-bond donors (Lipinski definition) is 0. The highest BCUT2D eigenvalue weighted by atomic mass is 32.2. The van der Waals surface area contributed by atoms with Crippen molar-refractivity contribution < 1.29 is 9.00 Å². The number of nitrogens with zero attached hydrogens (tertiary/aromatic N) is 3. The lowest BCUT2D eigenvalue weighted by molar-refractivity contribution is -0.116. The number of anilines is 1. The van der Waals surface area contributed by atoms with Crippen LogP contribution in [0.4, 0.5) is 5.82 Å². The Hall–Kier alpha value is -1.95. The fourth-order valence-electron chi connectivity index (χ4n) is 2.51. The minimum atomic E-state index is -1.11. The maximum atomic E-state index is 12.3. The lowest BCUT2D eigenvalue weighted by atomic mass is 10.3. The third kappa shape index (κ3) is 2.90. The van der Waals surface area contributed by atoms with Gasteiger partial charge in [0.15, 0.2) is 0 Å². The smallest absolute Gasteiger partial charge is 0.225 e. The van der Waals surface area contributed by atoms with Gasteiger partial charge in [0.25, 0.3) is 0 Å². The van der Waals surface area contributed by atoms with Crippen molar-refractivity contribution in [1.82, 2.24) is 9.78 Å². The molecule has 2 aromatic rings. The predicted octanol–water partition coefficient (Wildman–Crippen LogP) is 1.95. The molecule has 3 rings (SSSR count). The molecule has 110 valence electrons. The van der Waals surface area contributed by atoms with E-state index in [0.29, 0.717) is 5.75 Å². The molecule has 0 bridgehead atoms. The highest BCUT2D eigenvalue weighted by Gasteiger charge is 2.22. The normalized spacial score (nSPS) is 15.6. The molecular weight excluding hydrogens is 286 g/mol. The number of aryl methyl sites for hydroxylation is 1. The summed E-state index contributed by atoms with van der Waals surface area (Å²) in [6.07, 6.45) is 0.898. The average molecular weight is 303 g/mol. The zero-order chi connectivity index (χ0) is 14.8. The molecule has 1 aliphatic rings. The van der Waals surface area contributed by atoms with Crippen LogP contribution in [0.3, 0.4) is 0 Å². The molecule has 0 N–H and O–H groups in total. The van der Waals surface area contributed by atoms with Gasteiger partial charge in [-0.3, -0.25) is 13.9 Å². The standard InChI is InChI=1S/C15H17N3O2S/c1-12(19)17-8-5-9-18-15(17)10-13(16-18)11-21(20)14-6-3-2-4-7-14/h2-4,6-7,10H,5,8-9,11H2,1H3. The first-order chi connectivity index (χ1) is 10.1. The number of amides is 1. The number of carbonyl (C=O) groups is 1. The van der Waals surface area contributed by atoms with E-state index in [1.54, 1.807) is 11.8 Å².